The molecule has 1 amide bonds. The summed E-state index contributed by atoms with van der Waals surface area (Å²) in [6.07, 6.45) is 0. The van der Waals surface area contributed by atoms with Crippen molar-refractivity contribution in [3.63, 3.8) is 0 Å². The summed E-state index contributed by atoms with van der Waals surface area (Å²) in [6, 6.07) is 20.0. The van der Waals surface area contributed by atoms with Crippen molar-refractivity contribution in [3.05, 3.63) is 87.5 Å². The van der Waals surface area contributed by atoms with Crippen LogP contribution in [-0.2, 0) is 10.2 Å². The van der Waals surface area contributed by atoms with E-state index < -0.39 is 11.3 Å². The predicted molar refractivity (Wildman–Crippen MR) is 147 cm³/mol. The molecular weight excluding hydrogens is 476 g/mol. The SMILES string of the molecule is CN(C)c1ccc(NC(=O)COc2c(-c3ccc(C(C)(C)C)cc3)oc3ccc(Cl)cc3c2=O)cc1. The van der Waals surface area contributed by atoms with Crippen molar-refractivity contribution in [1.29, 1.82) is 0 Å². The van der Waals surface area contributed by atoms with Crippen LogP contribution in [0.1, 0.15) is 26.3 Å². The van der Waals surface area contributed by atoms with E-state index in [2.05, 4.69) is 26.1 Å². The van der Waals surface area contributed by atoms with E-state index in [9.17, 15) is 9.59 Å². The van der Waals surface area contributed by atoms with Crippen molar-refractivity contribution >= 4 is 39.9 Å². The molecule has 186 valence electrons. The Kier molecular flexibility index (Phi) is 7.09. The minimum atomic E-state index is -0.396. The summed E-state index contributed by atoms with van der Waals surface area (Å²) in [7, 11) is 3.88. The molecule has 0 aliphatic rings. The van der Waals surface area contributed by atoms with E-state index in [1.807, 2.05) is 67.5 Å². The van der Waals surface area contributed by atoms with Crippen LogP contribution in [-0.4, -0.2) is 26.6 Å². The van der Waals surface area contributed by atoms with Gasteiger partial charge < -0.3 is 19.4 Å². The maximum absolute atomic E-state index is 13.4. The lowest BCUT2D eigenvalue weighted by atomic mass is 9.86. The smallest absolute Gasteiger partial charge is 0.262 e. The molecule has 0 aliphatic carbocycles. The molecule has 0 bridgehead atoms. The average Bonchev–Trinajstić information content (AvgIpc) is 2.83. The van der Waals surface area contributed by atoms with Crippen molar-refractivity contribution < 1.29 is 13.9 Å². The summed E-state index contributed by atoms with van der Waals surface area (Å²) in [5.74, 6) is -0.169. The first-order chi connectivity index (χ1) is 17.0. The number of carbonyl (C=O) groups is 1. The molecule has 3 aromatic carbocycles. The zero-order valence-electron chi connectivity index (χ0n) is 21.0. The molecule has 36 heavy (non-hydrogen) atoms. The summed E-state index contributed by atoms with van der Waals surface area (Å²) >= 11 is 6.12. The third-order valence-electron chi connectivity index (χ3n) is 5.84. The number of fused-ring (bicyclic) bond motifs is 1. The fourth-order valence-electron chi connectivity index (χ4n) is 3.77. The highest BCUT2D eigenvalue weighted by Gasteiger charge is 2.20. The highest BCUT2D eigenvalue weighted by Crippen LogP contribution is 2.33. The molecule has 1 N–H and O–H groups in total. The lowest BCUT2D eigenvalue weighted by molar-refractivity contribution is -0.118. The first-order valence-electron chi connectivity index (χ1n) is 11.6. The van der Waals surface area contributed by atoms with Crippen molar-refractivity contribution in [2.45, 2.75) is 26.2 Å². The van der Waals surface area contributed by atoms with Crippen molar-refractivity contribution in [2.24, 2.45) is 0 Å². The van der Waals surface area contributed by atoms with Crippen LogP contribution in [0.4, 0.5) is 11.4 Å². The number of ether oxygens (including phenoxy) is 1. The number of hydrogen-bond donors (Lipinski definition) is 1. The van der Waals surface area contributed by atoms with Crippen LogP contribution >= 0.6 is 11.6 Å². The van der Waals surface area contributed by atoms with Crippen LogP contribution in [0.2, 0.25) is 5.02 Å². The third-order valence-corrected chi connectivity index (χ3v) is 6.07. The fraction of sp³-hybridized carbons (Fsp3) is 0.241. The highest BCUT2D eigenvalue weighted by atomic mass is 35.5. The molecule has 1 aromatic heterocycles. The molecule has 0 unspecified atom stereocenters. The van der Waals surface area contributed by atoms with E-state index in [-0.39, 0.29) is 28.9 Å². The number of rotatable bonds is 6. The van der Waals surface area contributed by atoms with Gasteiger partial charge in [0.15, 0.2) is 12.4 Å². The van der Waals surface area contributed by atoms with E-state index in [4.69, 9.17) is 20.8 Å². The number of nitrogens with zero attached hydrogens (tertiary/aromatic N) is 1. The molecule has 0 saturated heterocycles. The Morgan fingerprint density at radius 1 is 1.00 bits per heavy atom. The molecule has 0 saturated carbocycles. The van der Waals surface area contributed by atoms with E-state index in [1.165, 1.54) is 6.07 Å². The van der Waals surface area contributed by atoms with Gasteiger partial charge in [0.25, 0.3) is 5.91 Å². The van der Waals surface area contributed by atoms with E-state index in [0.717, 1.165) is 11.3 Å². The van der Waals surface area contributed by atoms with Gasteiger partial charge >= 0.3 is 0 Å². The molecule has 0 radical (unpaired) electrons. The third kappa shape index (κ3) is 5.55. The minimum Gasteiger partial charge on any atom is -0.476 e. The molecule has 0 atom stereocenters. The topological polar surface area (TPSA) is 71.8 Å². The van der Waals surface area contributed by atoms with Gasteiger partial charge in [-0.1, -0.05) is 56.6 Å². The number of halogens is 1. The van der Waals surface area contributed by atoms with Crippen molar-refractivity contribution in [2.75, 3.05) is 30.9 Å². The first kappa shape index (κ1) is 25.3. The maximum Gasteiger partial charge on any atom is 0.262 e. The van der Waals surface area contributed by atoms with Gasteiger partial charge in [-0.3, -0.25) is 9.59 Å². The lowest BCUT2D eigenvalue weighted by Crippen LogP contribution is -2.22. The van der Waals surface area contributed by atoms with Gasteiger partial charge in [0.05, 0.1) is 5.39 Å². The zero-order valence-corrected chi connectivity index (χ0v) is 21.8. The van der Waals surface area contributed by atoms with Crippen LogP contribution in [0.15, 0.2) is 75.9 Å². The Hall–Kier alpha value is -3.77. The van der Waals surface area contributed by atoms with Crippen molar-refractivity contribution in [3.8, 4) is 17.1 Å². The quantitative estimate of drug-likeness (QED) is 0.325. The molecule has 0 aliphatic heterocycles. The van der Waals surface area contributed by atoms with Gasteiger partial charge in [0.2, 0.25) is 11.2 Å². The molecule has 7 heteroatoms. The first-order valence-corrected chi connectivity index (χ1v) is 12.0. The zero-order chi connectivity index (χ0) is 26.0. The molecule has 6 nitrogen and oxygen atoms in total. The van der Waals surface area contributed by atoms with Crippen molar-refractivity contribution in [1.82, 2.24) is 0 Å². The molecule has 0 fully saturated rings. The van der Waals surface area contributed by atoms with Gasteiger partial charge in [-0.15, -0.1) is 0 Å². The molecule has 0 spiro atoms. The lowest BCUT2D eigenvalue weighted by Gasteiger charge is -2.19. The fourth-order valence-corrected chi connectivity index (χ4v) is 3.94. The Labute approximate surface area is 215 Å². The second kappa shape index (κ2) is 10.1. The summed E-state index contributed by atoms with van der Waals surface area (Å²) in [4.78, 5) is 28.0. The van der Waals surface area contributed by atoms with Crippen LogP contribution in [0.3, 0.4) is 0 Å². The van der Waals surface area contributed by atoms with E-state index in [1.54, 1.807) is 12.1 Å². The van der Waals surface area contributed by atoms with Crippen LogP contribution in [0.25, 0.3) is 22.3 Å². The van der Waals surface area contributed by atoms with E-state index in [0.29, 0.717) is 21.9 Å². The van der Waals surface area contributed by atoms with Gasteiger partial charge in [-0.2, -0.15) is 0 Å². The van der Waals surface area contributed by atoms with Gasteiger partial charge in [-0.25, -0.2) is 0 Å². The standard InChI is InChI=1S/C29H29ClN2O4/c1-29(2,3)19-8-6-18(7-9-19)27-28(26(34)23-16-20(30)10-15-24(23)36-27)35-17-25(33)31-21-11-13-22(14-12-21)32(4)5/h6-16H,17H2,1-5H3,(H,31,33). The second-order valence-electron chi connectivity index (χ2n) is 9.84. The number of amides is 1. The molecular formula is C29H29ClN2O4. The normalized spacial score (nSPS) is 11.4. The number of anilines is 2. The summed E-state index contributed by atoms with van der Waals surface area (Å²) < 4.78 is 11.9. The highest BCUT2D eigenvalue weighted by molar-refractivity contribution is 6.31. The summed E-state index contributed by atoms with van der Waals surface area (Å²) in [5.41, 5.74) is 3.42. The van der Waals surface area contributed by atoms with Gasteiger partial charge in [0, 0.05) is 36.1 Å². The Morgan fingerprint density at radius 3 is 2.28 bits per heavy atom. The van der Waals surface area contributed by atoms with Crippen LogP contribution in [0, 0.1) is 0 Å². The Bertz CT molecular complexity index is 1450. The second-order valence-corrected chi connectivity index (χ2v) is 10.3. The largest absolute Gasteiger partial charge is 0.476 e. The minimum absolute atomic E-state index is 0.0261. The molecule has 4 rings (SSSR count). The van der Waals surface area contributed by atoms with Gasteiger partial charge in [0.1, 0.15) is 5.58 Å². The van der Waals surface area contributed by atoms with Gasteiger partial charge in [-0.05, 0) is 53.4 Å². The average molecular weight is 505 g/mol. The Morgan fingerprint density at radius 2 is 1.67 bits per heavy atom. The number of carbonyl (C=O) groups excluding carboxylic acids is 1. The molecule has 4 aromatic rings. The van der Waals surface area contributed by atoms with Crippen LogP contribution in [0.5, 0.6) is 5.75 Å². The Balaban J connectivity index is 1.65. The monoisotopic (exact) mass is 504 g/mol. The summed E-state index contributed by atoms with van der Waals surface area (Å²) in [5, 5.41) is 3.48. The number of hydrogen-bond acceptors (Lipinski definition) is 5. The summed E-state index contributed by atoms with van der Waals surface area (Å²) in [6.45, 7) is 6.02. The van der Waals surface area contributed by atoms with Crippen LogP contribution < -0.4 is 20.4 Å². The molecule has 1 heterocycles. The number of nitrogens with one attached hydrogen (secondary N) is 1. The maximum atomic E-state index is 13.4. The predicted octanol–water partition coefficient (Wildman–Crippen LogP) is 6.49. The van der Waals surface area contributed by atoms with E-state index >= 15 is 0 Å². The number of benzene rings is 3.